The zero-order valence-electron chi connectivity index (χ0n) is 12.4. The monoisotopic (exact) mass is 294 g/mol. The molecule has 0 saturated carbocycles. The molecule has 2 aromatic rings. The summed E-state index contributed by atoms with van der Waals surface area (Å²) in [5.41, 5.74) is 3.75. The van der Waals surface area contributed by atoms with Gasteiger partial charge in [-0.05, 0) is 44.7 Å². The van der Waals surface area contributed by atoms with Gasteiger partial charge in [0.2, 0.25) is 0 Å². The van der Waals surface area contributed by atoms with E-state index in [-0.39, 0.29) is 12.4 Å². The topological polar surface area (TPSA) is 27.1 Å². The van der Waals surface area contributed by atoms with Gasteiger partial charge in [0.1, 0.15) is 5.75 Å². The highest BCUT2D eigenvalue weighted by Gasteiger charge is 2.04. The SMILES string of the molecule is Cc1cc(C)c(OCCCCn2ccnc2)c(C)c1.Cl. The normalized spacial score (nSPS) is 10.2. The lowest BCUT2D eigenvalue weighted by Crippen LogP contribution is -2.03. The first-order valence-corrected chi connectivity index (χ1v) is 6.83. The highest BCUT2D eigenvalue weighted by molar-refractivity contribution is 5.85. The van der Waals surface area contributed by atoms with Crippen LogP contribution < -0.4 is 4.74 Å². The molecule has 0 radical (unpaired) electrons. The number of aryl methyl sites for hydroxylation is 4. The Morgan fingerprint density at radius 1 is 1.10 bits per heavy atom. The molecule has 20 heavy (non-hydrogen) atoms. The third kappa shape index (κ3) is 4.57. The molecular weight excluding hydrogens is 272 g/mol. The van der Waals surface area contributed by atoms with Crippen LogP contribution in [-0.2, 0) is 6.54 Å². The molecule has 0 amide bonds. The van der Waals surface area contributed by atoms with E-state index in [0.717, 1.165) is 31.7 Å². The Morgan fingerprint density at radius 3 is 2.40 bits per heavy atom. The number of ether oxygens (including phenoxy) is 1. The number of imidazole rings is 1. The molecule has 0 N–H and O–H groups in total. The predicted octanol–water partition coefficient (Wildman–Crippen LogP) is 4.09. The molecule has 0 aliphatic heterocycles. The van der Waals surface area contributed by atoms with Crippen molar-refractivity contribution in [2.75, 3.05) is 6.61 Å². The summed E-state index contributed by atoms with van der Waals surface area (Å²) >= 11 is 0. The van der Waals surface area contributed by atoms with Gasteiger partial charge in [-0.15, -0.1) is 12.4 Å². The summed E-state index contributed by atoms with van der Waals surface area (Å²) in [7, 11) is 0. The summed E-state index contributed by atoms with van der Waals surface area (Å²) in [6.45, 7) is 8.13. The molecular formula is C16H23ClN2O. The smallest absolute Gasteiger partial charge is 0.125 e. The molecule has 0 unspecified atom stereocenters. The quantitative estimate of drug-likeness (QED) is 0.750. The third-order valence-corrected chi connectivity index (χ3v) is 3.22. The molecule has 0 spiro atoms. The fraction of sp³-hybridized carbons (Fsp3) is 0.438. The highest BCUT2D eigenvalue weighted by Crippen LogP contribution is 2.24. The second kappa shape index (κ2) is 7.95. The van der Waals surface area contributed by atoms with E-state index in [1.807, 2.05) is 18.7 Å². The van der Waals surface area contributed by atoms with Gasteiger partial charge in [0.05, 0.1) is 12.9 Å². The lowest BCUT2D eigenvalue weighted by Gasteiger charge is -2.13. The minimum atomic E-state index is 0. The van der Waals surface area contributed by atoms with Gasteiger partial charge in [-0.25, -0.2) is 4.98 Å². The molecule has 3 nitrogen and oxygen atoms in total. The number of aromatic nitrogens is 2. The van der Waals surface area contributed by atoms with Gasteiger partial charge in [0.25, 0.3) is 0 Å². The molecule has 1 aromatic carbocycles. The van der Waals surface area contributed by atoms with Crippen molar-refractivity contribution in [3.8, 4) is 5.75 Å². The second-order valence-electron chi connectivity index (χ2n) is 5.08. The largest absolute Gasteiger partial charge is 0.493 e. The van der Waals surface area contributed by atoms with Crippen LogP contribution in [0.5, 0.6) is 5.75 Å². The van der Waals surface area contributed by atoms with Crippen molar-refractivity contribution in [3.05, 3.63) is 47.5 Å². The molecule has 4 heteroatoms. The van der Waals surface area contributed by atoms with Crippen LogP contribution in [0, 0.1) is 20.8 Å². The van der Waals surface area contributed by atoms with Gasteiger partial charge >= 0.3 is 0 Å². The Hall–Kier alpha value is -1.48. The van der Waals surface area contributed by atoms with Gasteiger partial charge in [-0.2, -0.15) is 0 Å². The average Bonchev–Trinajstić information content (AvgIpc) is 2.84. The fourth-order valence-electron chi connectivity index (χ4n) is 2.38. The second-order valence-corrected chi connectivity index (χ2v) is 5.08. The molecule has 0 saturated heterocycles. The van der Waals surface area contributed by atoms with Gasteiger partial charge < -0.3 is 9.30 Å². The third-order valence-electron chi connectivity index (χ3n) is 3.22. The van der Waals surface area contributed by atoms with Crippen molar-refractivity contribution in [2.45, 2.75) is 40.2 Å². The summed E-state index contributed by atoms with van der Waals surface area (Å²) in [6.07, 6.45) is 7.84. The van der Waals surface area contributed by atoms with Crippen molar-refractivity contribution >= 4 is 12.4 Å². The molecule has 0 aliphatic rings. The summed E-state index contributed by atoms with van der Waals surface area (Å²) in [6, 6.07) is 4.35. The van der Waals surface area contributed by atoms with E-state index in [9.17, 15) is 0 Å². The van der Waals surface area contributed by atoms with Gasteiger partial charge in [-0.3, -0.25) is 0 Å². The highest BCUT2D eigenvalue weighted by atomic mass is 35.5. The Bertz CT molecular complexity index is 500. The van der Waals surface area contributed by atoms with Crippen molar-refractivity contribution in [2.24, 2.45) is 0 Å². The first-order chi connectivity index (χ1) is 9.16. The fourth-order valence-corrected chi connectivity index (χ4v) is 2.38. The van der Waals surface area contributed by atoms with Crippen molar-refractivity contribution in [1.29, 1.82) is 0 Å². The maximum absolute atomic E-state index is 5.92. The van der Waals surface area contributed by atoms with Gasteiger partial charge in [0, 0.05) is 18.9 Å². The molecule has 0 atom stereocenters. The Morgan fingerprint density at radius 2 is 1.80 bits per heavy atom. The zero-order valence-corrected chi connectivity index (χ0v) is 13.2. The molecule has 1 heterocycles. The van der Waals surface area contributed by atoms with Crippen LogP contribution in [0.2, 0.25) is 0 Å². The molecule has 1 aromatic heterocycles. The Labute approximate surface area is 127 Å². The van der Waals surface area contributed by atoms with Crippen LogP contribution in [0.1, 0.15) is 29.5 Å². The van der Waals surface area contributed by atoms with E-state index < -0.39 is 0 Å². The van der Waals surface area contributed by atoms with E-state index >= 15 is 0 Å². The minimum absolute atomic E-state index is 0. The number of unbranched alkanes of at least 4 members (excludes halogenated alkanes) is 1. The van der Waals surface area contributed by atoms with Crippen LogP contribution >= 0.6 is 12.4 Å². The van der Waals surface area contributed by atoms with Crippen molar-refractivity contribution in [3.63, 3.8) is 0 Å². The lowest BCUT2D eigenvalue weighted by molar-refractivity contribution is 0.299. The number of benzene rings is 1. The number of nitrogens with zero attached hydrogens (tertiary/aromatic N) is 2. The van der Waals surface area contributed by atoms with E-state index in [1.54, 1.807) is 0 Å². The minimum Gasteiger partial charge on any atom is -0.493 e. The number of hydrogen-bond donors (Lipinski definition) is 0. The summed E-state index contributed by atoms with van der Waals surface area (Å²) in [5.74, 6) is 1.05. The molecule has 0 aliphatic carbocycles. The average molecular weight is 295 g/mol. The zero-order chi connectivity index (χ0) is 13.7. The van der Waals surface area contributed by atoms with Gasteiger partial charge in [-0.1, -0.05) is 17.7 Å². The Balaban J connectivity index is 0.00000200. The molecule has 110 valence electrons. The van der Waals surface area contributed by atoms with Crippen LogP contribution in [-0.4, -0.2) is 16.2 Å². The molecule has 2 rings (SSSR count). The maximum Gasteiger partial charge on any atom is 0.125 e. The summed E-state index contributed by atoms with van der Waals surface area (Å²) in [5, 5.41) is 0. The van der Waals surface area contributed by atoms with Crippen LogP contribution in [0.4, 0.5) is 0 Å². The van der Waals surface area contributed by atoms with E-state index in [4.69, 9.17) is 4.74 Å². The van der Waals surface area contributed by atoms with Crippen LogP contribution in [0.25, 0.3) is 0 Å². The van der Waals surface area contributed by atoms with E-state index in [0.29, 0.717) is 0 Å². The van der Waals surface area contributed by atoms with E-state index in [1.165, 1.54) is 16.7 Å². The number of halogens is 1. The standard InChI is InChI=1S/C16H22N2O.ClH/c1-13-10-14(2)16(15(3)11-13)19-9-5-4-7-18-8-6-17-12-18;/h6,8,10-12H,4-5,7,9H2,1-3H3;1H. The predicted molar refractivity (Wildman–Crippen MR) is 84.9 cm³/mol. The molecule has 0 fully saturated rings. The van der Waals surface area contributed by atoms with Crippen molar-refractivity contribution in [1.82, 2.24) is 9.55 Å². The van der Waals surface area contributed by atoms with Gasteiger partial charge in [0.15, 0.2) is 0 Å². The van der Waals surface area contributed by atoms with Crippen LogP contribution in [0.15, 0.2) is 30.9 Å². The van der Waals surface area contributed by atoms with Crippen molar-refractivity contribution < 1.29 is 4.74 Å². The first kappa shape index (κ1) is 16.6. The maximum atomic E-state index is 5.92. The molecule has 0 bridgehead atoms. The summed E-state index contributed by atoms with van der Waals surface area (Å²) in [4.78, 5) is 4.03. The summed E-state index contributed by atoms with van der Waals surface area (Å²) < 4.78 is 8.02. The number of rotatable bonds is 6. The van der Waals surface area contributed by atoms with Crippen LogP contribution in [0.3, 0.4) is 0 Å². The first-order valence-electron chi connectivity index (χ1n) is 6.83. The Kier molecular flexibility index (Phi) is 6.59. The lowest BCUT2D eigenvalue weighted by atomic mass is 10.1. The number of hydrogen-bond acceptors (Lipinski definition) is 2. The van der Waals surface area contributed by atoms with E-state index in [2.05, 4.69) is 42.5 Å².